The molecule has 2 N–H and O–H groups in total. The number of fused-ring (bicyclic) bond motifs is 2. The number of hydrogen-bond donors (Lipinski definition) is 2. The van der Waals surface area contributed by atoms with Crippen molar-refractivity contribution in [2.75, 3.05) is 55.2 Å². The number of ether oxygens (including phenoxy) is 7. The number of aliphatic hydroxyl groups is 2. The average molecular weight is 660 g/mol. The van der Waals surface area contributed by atoms with Gasteiger partial charge >= 0.3 is 11.9 Å². The smallest absolute Gasteiger partial charge is 0.338 e. The quantitative estimate of drug-likeness (QED) is 0.353. The monoisotopic (exact) mass is 659 g/mol. The third-order valence-corrected chi connectivity index (χ3v) is 13.4. The number of aliphatic hydroxyl groups excluding tert-OH is 1. The highest BCUT2D eigenvalue weighted by atomic mass is 16.6. The predicted molar refractivity (Wildman–Crippen MR) is 166 cm³/mol. The van der Waals surface area contributed by atoms with E-state index in [2.05, 4.69) is 11.8 Å². The van der Waals surface area contributed by atoms with Crippen LogP contribution in [0.1, 0.15) is 43.5 Å². The zero-order chi connectivity index (χ0) is 33.7. The number of likely N-dealkylation sites (tertiary alicyclic amines) is 1. The molecule has 1 aliphatic heterocycles. The molecule has 5 aliphatic carbocycles. The Labute approximate surface area is 275 Å². The standard InChI is InChI=1S/C35H49NO11/c1-8-36-16-32(17-41-3)14-13-22(43-5)34-21-15-33(40)29(46-31(39)19-9-11-20(42-4)12-10-19)23(21)35(47-18(2)37,28(38)30(33)45-7)24(27(34)36)25(44-6)26(32)34/h9-12,21-30,38,40H,8,13-17H2,1-7H3/t21-,22+,23-,24?,25?,26-,27?,28+,29-,30+,32+,33-,34+,35-/m1/s1. The van der Waals surface area contributed by atoms with E-state index in [4.69, 9.17) is 33.2 Å². The zero-order valence-corrected chi connectivity index (χ0v) is 28.3. The summed E-state index contributed by atoms with van der Waals surface area (Å²) in [4.78, 5) is 29.6. The lowest BCUT2D eigenvalue weighted by atomic mass is 9.43. The molecule has 1 heterocycles. The Bertz CT molecular complexity index is 1390. The average Bonchev–Trinajstić information content (AvgIpc) is 3.43. The number of piperidine rings is 1. The number of carbonyl (C=O) groups excluding carboxylic acids is 2. The Hall–Kier alpha value is -2.32. The Morgan fingerprint density at radius 1 is 1.00 bits per heavy atom. The van der Waals surface area contributed by atoms with Crippen LogP contribution in [0.5, 0.6) is 5.75 Å². The van der Waals surface area contributed by atoms with Gasteiger partial charge in [0, 0.05) is 76.5 Å². The van der Waals surface area contributed by atoms with Crippen LogP contribution < -0.4 is 4.74 Å². The lowest BCUT2D eigenvalue weighted by Gasteiger charge is -2.69. The van der Waals surface area contributed by atoms with Gasteiger partial charge in [0.25, 0.3) is 0 Å². The number of nitrogens with zero attached hydrogens (tertiary/aromatic N) is 1. The SMILES string of the molecule is CCN1C[C@]2(COC)CC[C@H](OC)[C@]34C1C(C(OC)[C@H]23)[C@]1(OC(C)=O)[C@H]2[C@@H](OC(=O)c3ccc(OC)cc3)[C@](O)(C[C@H]24)[C@@H](OC)[C@@H]1O. The fraction of sp³-hybridized carbons (Fsp3) is 0.771. The van der Waals surface area contributed by atoms with Gasteiger partial charge in [-0.25, -0.2) is 4.79 Å². The van der Waals surface area contributed by atoms with Crippen molar-refractivity contribution in [1.82, 2.24) is 4.90 Å². The first-order chi connectivity index (χ1) is 22.5. The van der Waals surface area contributed by atoms with Crippen molar-refractivity contribution < 1.29 is 53.0 Å². The molecule has 5 saturated carbocycles. The van der Waals surface area contributed by atoms with Gasteiger partial charge in [-0.15, -0.1) is 0 Å². The van der Waals surface area contributed by atoms with Crippen LogP contribution in [0.4, 0.5) is 0 Å². The van der Waals surface area contributed by atoms with Gasteiger partial charge < -0.3 is 43.4 Å². The second-order valence-electron chi connectivity index (χ2n) is 14.7. The summed E-state index contributed by atoms with van der Waals surface area (Å²) in [5, 5.41) is 25.4. The molecule has 0 radical (unpaired) electrons. The van der Waals surface area contributed by atoms with Gasteiger partial charge in [0.1, 0.15) is 29.7 Å². The molecule has 7 bridgehead atoms. The first kappa shape index (κ1) is 33.2. The second kappa shape index (κ2) is 11.4. The van der Waals surface area contributed by atoms with Crippen molar-refractivity contribution >= 4 is 11.9 Å². The molecule has 47 heavy (non-hydrogen) atoms. The molecule has 7 rings (SSSR count). The molecule has 12 heteroatoms. The number of esters is 2. The van der Waals surface area contributed by atoms with Crippen LogP contribution in [0.2, 0.25) is 0 Å². The summed E-state index contributed by atoms with van der Waals surface area (Å²) in [6.07, 6.45) is -2.79. The largest absolute Gasteiger partial charge is 0.497 e. The molecule has 260 valence electrons. The minimum Gasteiger partial charge on any atom is -0.497 e. The lowest BCUT2D eigenvalue weighted by molar-refractivity contribution is -0.317. The molecule has 6 aliphatic rings. The number of carbonyl (C=O) groups is 2. The van der Waals surface area contributed by atoms with E-state index in [1.54, 1.807) is 52.7 Å². The minimum absolute atomic E-state index is 0.118. The molecule has 1 saturated heterocycles. The number of rotatable bonds is 10. The number of hydrogen-bond acceptors (Lipinski definition) is 12. The Morgan fingerprint density at radius 3 is 2.30 bits per heavy atom. The van der Waals surface area contributed by atoms with Crippen LogP contribution in [0.25, 0.3) is 0 Å². The Morgan fingerprint density at radius 2 is 1.72 bits per heavy atom. The van der Waals surface area contributed by atoms with Gasteiger partial charge in [0.2, 0.25) is 0 Å². The van der Waals surface area contributed by atoms with Crippen molar-refractivity contribution in [3.05, 3.63) is 29.8 Å². The normalized spacial score (nSPS) is 47.4. The van der Waals surface area contributed by atoms with Gasteiger partial charge in [-0.3, -0.25) is 9.69 Å². The Balaban J connectivity index is 1.48. The van der Waals surface area contributed by atoms with Crippen molar-refractivity contribution in [1.29, 1.82) is 0 Å². The highest BCUT2D eigenvalue weighted by molar-refractivity contribution is 5.89. The molecule has 1 spiro atoms. The predicted octanol–water partition coefficient (Wildman–Crippen LogP) is 1.69. The summed E-state index contributed by atoms with van der Waals surface area (Å²) >= 11 is 0. The second-order valence-corrected chi connectivity index (χ2v) is 14.7. The third kappa shape index (κ3) is 3.95. The first-order valence-electron chi connectivity index (χ1n) is 16.8. The van der Waals surface area contributed by atoms with E-state index in [0.29, 0.717) is 18.9 Å². The summed E-state index contributed by atoms with van der Waals surface area (Å²) in [7, 11) is 8.11. The topological polar surface area (TPSA) is 142 Å². The maximum atomic E-state index is 13.9. The van der Waals surface area contributed by atoms with Crippen LogP contribution in [0.15, 0.2) is 24.3 Å². The van der Waals surface area contributed by atoms with Crippen molar-refractivity contribution in [2.45, 2.75) is 80.9 Å². The van der Waals surface area contributed by atoms with Crippen LogP contribution in [-0.4, -0.2) is 130 Å². The third-order valence-electron chi connectivity index (χ3n) is 13.4. The van der Waals surface area contributed by atoms with Crippen LogP contribution in [0.3, 0.4) is 0 Å². The van der Waals surface area contributed by atoms with E-state index in [-0.39, 0.29) is 35.5 Å². The molecule has 0 aromatic heterocycles. The van der Waals surface area contributed by atoms with Crippen molar-refractivity contribution in [2.24, 2.45) is 34.5 Å². The van der Waals surface area contributed by atoms with E-state index in [0.717, 1.165) is 19.4 Å². The zero-order valence-electron chi connectivity index (χ0n) is 28.3. The van der Waals surface area contributed by atoms with E-state index in [1.165, 1.54) is 14.0 Å². The maximum absolute atomic E-state index is 13.9. The van der Waals surface area contributed by atoms with Crippen LogP contribution in [-0.2, 0) is 33.2 Å². The van der Waals surface area contributed by atoms with E-state index >= 15 is 0 Å². The van der Waals surface area contributed by atoms with Gasteiger partial charge in [-0.1, -0.05) is 6.92 Å². The van der Waals surface area contributed by atoms with E-state index < -0.39 is 70.7 Å². The van der Waals surface area contributed by atoms with Crippen molar-refractivity contribution in [3.63, 3.8) is 0 Å². The van der Waals surface area contributed by atoms with Gasteiger partial charge in [0.15, 0.2) is 5.60 Å². The van der Waals surface area contributed by atoms with Crippen LogP contribution in [0, 0.1) is 34.5 Å². The lowest BCUT2D eigenvalue weighted by Crippen LogP contribution is -2.80. The molecule has 0 amide bonds. The number of benzene rings is 1. The van der Waals surface area contributed by atoms with Gasteiger partial charge in [-0.2, -0.15) is 0 Å². The van der Waals surface area contributed by atoms with E-state index in [1.807, 2.05) is 0 Å². The van der Waals surface area contributed by atoms with Crippen LogP contribution >= 0.6 is 0 Å². The fourth-order valence-corrected chi connectivity index (χ4v) is 12.5. The summed E-state index contributed by atoms with van der Waals surface area (Å²) < 4.78 is 43.1. The molecule has 3 unspecified atom stereocenters. The van der Waals surface area contributed by atoms with Gasteiger partial charge in [0.05, 0.1) is 31.5 Å². The van der Waals surface area contributed by atoms with Crippen molar-refractivity contribution in [3.8, 4) is 5.75 Å². The molecular weight excluding hydrogens is 610 g/mol. The molecule has 1 aromatic rings. The highest BCUT2D eigenvalue weighted by Gasteiger charge is 2.91. The summed E-state index contributed by atoms with van der Waals surface area (Å²) in [5.74, 6) is -2.51. The molecule has 1 aromatic carbocycles. The minimum atomic E-state index is -1.79. The fourth-order valence-electron chi connectivity index (χ4n) is 12.5. The van der Waals surface area contributed by atoms with Gasteiger partial charge in [-0.05, 0) is 56.0 Å². The summed E-state index contributed by atoms with van der Waals surface area (Å²) in [6, 6.07) is 6.32. The summed E-state index contributed by atoms with van der Waals surface area (Å²) in [6.45, 7) is 5.39. The van der Waals surface area contributed by atoms with E-state index in [9.17, 15) is 19.8 Å². The highest BCUT2D eigenvalue weighted by Crippen LogP contribution is 2.80. The summed E-state index contributed by atoms with van der Waals surface area (Å²) in [5.41, 5.74) is -4.08. The first-order valence-corrected chi connectivity index (χ1v) is 16.8. The molecule has 6 fully saturated rings. The molecular formula is C35H49NO11. The number of methoxy groups -OCH3 is 5. The molecule has 14 atom stereocenters. The molecule has 12 nitrogen and oxygen atoms in total. The Kier molecular flexibility index (Phi) is 8.02. The maximum Gasteiger partial charge on any atom is 0.338 e.